The molecule has 6 nitrogen and oxygen atoms in total. The number of hydrogen-bond donors (Lipinski definition) is 0. The van der Waals surface area contributed by atoms with E-state index in [1.165, 1.54) is 0 Å². The topological polar surface area (TPSA) is 56.8 Å². The molecule has 0 spiro atoms. The van der Waals surface area contributed by atoms with Gasteiger partial charge in [0, 0.05) is 52.0 Å². The van der Waals surface area contributed by atoms with E-state index in [2.05, 4.69) is 16.8 Å². The van der Waals surface area contributed by atoms with Gasteiger partial charge in [0.1, 0.15) is 0 Å². The number of aromatic nitrogens is 1. The van der Waals surface area contributed by atoms with Gasteiger partial charge in [-0.25, -0.2) is 0 Å². The van der Waals surface area contributed by atoms with Crippen molar-refractivity contribution in [2.45, 2.75) is 26.3 Å². The van der Waals surface area contributed by atoms with Crippen LogP contribution in [0.5, 0.6) is 0 Å². The third-order valence-corrected chi connectivity index (χ3v) is 6.72. The third-order valence-electron chi connectivity index (χ3n) is 4.72. The summed E-state index contributed by atoms with van der Waals surface area (Å²) in [6.45, 7) is 6.91. The minimum absolute atomic E-state index is 0.462. The van der Waals surface area contributed by atoms with Crippen LogP contribution in [0.2, 0.25) is 0 Å². The second-order valence-corrected chi connectivity index (χ2v) is 8.54. The first-order valence-electron chi connectivity index (χ1n) is 8.43. The van der Waals surface area contributed by atoms with E-state index in [0.29, 0.717) is 32.1 Å². The molecule has 0 bridgehead atoms. The van der Waals surface area contributed by atoms with E-state index in [-0.39, 0.29) is 0 Å². The molecule has 0 N–H and O–H groups in total. The van der Waals surface area contributed by atoms with Crippen LogP contribution in [-0.2, 0) is 16.8 Å². The maximum atomic E-state index is 12.8. The Morgan fingerprint density at radius 3 is 2.57 bits per heavy atom. The molecule has 0 radical (unpaired) electrons. The van der Waals surface area contributed by atoms with E-state index in [1.54, 1.807) is 14.8 Å². The minimum atomic E-state index is -3.29. The molecule has 1 unspecified atom stereocenters. The van der Waals surface area contributed by atoms with Gasteiger partial charge in [-0.15, -0.1) is 0 Å². The van der Waals surface area contributed by atoms with Crippen LogP contribution in [0.15, 0.2) is 24.4 Å². The van der Waals surface area contributed by atoms with E-state index >= 15 is 0 Å². The van der Waals surface area contributed by atoms with Crippen LogP contribution in [0.4, 0.5) is 0 Å². The molecule has 0 aliphatic carbocycles. The zero-order valence-electron chi connectivity index (χ0n) is 13.8. The molecular weight excluding hydrogens is 312 g/mol. The van der Waals surface area contributed by atoms with Crippen LogP contribution in [0.1, 0.15) is 25.5 Å². The summed E-state index contributed by atoms with van der Waals surface area (Å²) in [6, 6.07) is 5.91. The lowest BCUT2D eigenvalue weighted by Gasteiger charge is -2.38. The molecule has 2 saturated heterocycles. The fourth-order valence-corrected chi connectivity index (χ4v) is 5.11. The number of piperidine rings is 1. The normalized spacial score (nSPS) is 25.5. The minimum Gasteiger partial charge on any atom is -0.295 e. The van der Waals surface area contributed by atoms with Gasteiger partial charge in [0.05, 0.1) is 5.69 Å². The zero-order chi connectivity index (χ0) is 16.3. The lowest BCUT2D eigenvalue weighted by atomic mass is 10.0. The first-order chi connectivity index (χ1) is 11.1. The fourth-order valence-electron chi connectivity index (χ4n) is 3.36. The van der Waals surface area contributed by atoms with Crippen molar-refractivity contribution < 1.29 is 8.42 Å². The highest BCUT2D eigenvalue weighted by Crippen LogP contribution is 2.21. The predicted molar refractivity (Wildman–Crippen MR) is 90.0 cm³/mol. The molecule has 0 aromatic carbocycles. The SMILES string of the molecule is CC1CCCN(S(=O)(=O)N2CCN(Cc3ccccn3)CC2)C1. The Labute approximate surface area is 139 Å². The van der Waals surface area contributed by atoms with Gasteiger partial charge in [0.2, 0.25) is 0 Å². The Kier molecular flexibility index (Phi) is 5.31. The van der Waals surface area contributed by atoms with Crippen molar-refractivity contribution in [1.82, 2.24) is 18.5 Å². The number of piperazine rings is 1. The molecular formula is C16H26N4O2S. The van der Waals surface area contributed by atoms with Gasteiger partial charge in [0.25, 0.3) is 10.2 Å². The Morgan fingerprint density at radius 2 is 1.91 bits per heavy atom. The first-order valence-corrected chi connectivity index (χ1v) is 9.83. The summed E-state index contributed by atoms with van der Waals surface area (Å²) in [7, 11) is -3.29. The molecule has 1 aromatic heterocycles. The highest BCUT2D eigenvalue weighted by molar-refractivity contribution is 7.86. The monoisotopic (exact) mass is 338 g/mol. The maximum absolute atomic E-state index is 12.8. The van der Waals surface area contributed by atoms with Crippen molar-refractivity contribution in [3.63, 3.8) is 0 Å². The van der Waals surface area contributed by atoms with Gasteiger partial charge >= 0.3 is 0 Å². The van der Waals surface area contributed by atoms with Gasteiger partial charge < -0.3 is 0 Å². The van der Waals surface area contributed by atoms with Gasteiger partial charge in [-0.05, 0) is 30.9 Å². The molecule has 3 rings (SSSR count). The highest BCUT2D eigenvalue weighted by atomic mass is 32.2. The second-order valence-electron chi connectivity index (χ2n) is 6.61. The smallest absolute Gasteiger partial charge is 0.282 e. The van der Waals surface area contributed by atoms with Crippen molar-refractivity contribution in [3.8, 4) is 0 Å². The highest BCUT2D eigenvalue weighted by Gasteiger charge is 2.34. The number of rotatable bonds is 4. The van der Waals surface area contributed by atoms with Gasteiger partial charge in [-0.3, -0.25) is 9.88 Å². The summed E-state index contributed by atoms with van der Waals surface area (Å²) in [5.74, 6) is 0.462. The predicted octanol–water partition coefficient (Wildman–Crippen LogP) is 1.18. The van der Waals surface area contributed by atoms with Crippen molar-refractivity contribution in [2.24, 2.45) is 5.92 Å². The van der Waals surface area contributed by atoms with Crippen LogP contribution in [0.3, 0.4) is 0 Å². The van der Waals surface area contributed by atoms with E-state index in [4.69, 9.17) is 0 Å². The summed E-state index contributed by atoms with van der Waals surface area (Å²) in [6.07, 6.45) is 3.90. The molecule has 2 aliphatic rings. The van der Waals surface area contributed by atoms with E-state index < -0.39 is 10.2 Å². The van der Waals surface area contributed by atoms with Gasteiger partial charge in [-0.1, -0.05) is 13.0 Å². The molecule has 2 fully saturated rings. The van der Waals surface area contributed by atoms with Crippen molar-refractivity contribution in [3.05, 3.63) is 30.1 Å². The lowest BCUT2D eigenvalue weighted by molar-refractivity contribution is 0.168. The number of pyridine rings is 1. The van der Waals surface area contributed by atoms with Crippen LogP contribution in [-0.4, -0.2) is 66.2 Å². The summed E-state index contributed by atoms with van der Waals surface area (Å²) >= 11 is 0. The number of hydrogen-bond acceptors (Lipinski definition) is 4. The van der Waals surface area contributed by atoms with Crippen LogP contribution < -0.4 is 0 Å². The van der Waals surface area contributed by atoms with Crippen LogP contribution in [0, 0.1) is 5.92 Å². The Bertz CT molecular complexity index is 600. The van der Waals surface area contributed by atoms with Crippen molar-refractivity contribution in [1.29, 1.82) is 0 Å². The Hall–Kier alpha value is -1.02. The summed E-state index contributed by atoms with van der Waals surface area (Å²) in [5, 5.41) is 0. The van der Waals surface area contributed by atoms with Crippen molar-refractivity contribution >= 4 is 10.2 Å². The van der Waals surface area contributed by atoms with E-state index in [9.17, 15) is 8.42 Å². The summed E-state index contributed by atoms with van der Waals surface area (Å²) in [5.41, 5.74) is 1.04. The average Bonchev–Trinajstić information content (AvgIpc) is 2.56. The molecule has 0 amide bonds. The van der Waals surface area contributed by atoms with E-state index in [1.807, 2.05) is 18.2 Å². The Balaban J connectivity index is 1.55. The standard InChI is InChI=1S/C16H26N4O2S/c1-15-5-4-8-20(13-15)23(21,22)19-11-9-18(10-12-19)14-16-6-2-3-7-17-16/h2-3,6-7,15H,4-5,8-14H2,1H3. The molecule has 1 atom stereocenters. The molecule has 128 valence electrons. The van der Waals surface area contributed by atoms with Crippen LogP contribution >= 0.6 is 0 Å². The molecule has 3 heterocycles. The van der Waals surface area contributed by atoms with Gasteiger partial charge in [0.15, 0.2) is 0 Å². The average molecular weight is 338 g/mol. The second kappa shape index (κ2) is 7.25. The maximum Gasteiger partial charge on any atom is 0.282 e. The van der Waals surface area contributed by atoms with Crippen LogP contribution in [0.25, 0.3) is 0 Å². The van der Waals surface area contributed by atoms with E-state index in [0.717, 1.165) is 38.2 Å². The third kappa shape index (κ3) is 4.09. The molecule has 7 heteroatoms. The van der Waals surface area contributed by atoms with Crippen molar-refractivity contribution in [2.75, 3.05) is 39.3 Å². The summed E-state index contributed by atoms with van der Waals surface area (Å²) in [4.78, 5) is 6.61. The first kappa shape index (κ1) is 16.8. The summed E-state index contributed by atoms with van der Waals surface area (Å²) < 4.78 is 28.9. The molecule has 0 saturated carbocycles. The lowest BCUT2D eigenvalue weighted by Crippen LogP contribution is -2.54. The quantitative estimate of drug-likeness (QED) is 0.827. The Morgan fingerprint density at radius 1 is 1.13 bits per heavy atom. The molecule has 1 aromatic rings. The number of nitrogens with zero attached hydrogens (tertiary/aromatic N) is 4. The molecule has 23 heavy (non-hydrogen) atoms. The largest absolute Gasteiger partial charge is 0.295 e. The fraction of sp³-hybridized carbons (Fsp3) is 0.688. The molecule has 2 aliphatic heterocycles. The zero-order valence-corrected chi connectivity index (χ0v) is 14.6. The van der Waals surface area contributed by atoms with Gasteiger partial charge in [-0.2, -0.15) is 17.0 Å².